The third-order valence-corrected chi connectivity index (χ3v) is 6.39. The molecule has 6 heteroatoms. The van der Waals surface area contributed by atoms with Gasteiger partial charge in [0.25, 0.3) is 0 Å². The second-order valence-corrected chi connectivity index (χ2v) is 8.15. The molecular formula is C20H23ClO4Se. The minimum atomic E-state index is -0.645. The van der Waals surface area contributed by atoms with Gasteiger partial charge in [-0.15, -0.1) is 0 Å². The molecule has 0 radical (unpaired) electrons. The summed E-state index contributed by atoms with van der Waals surface area (Å²) in [6.07, 6.45) is -0.729. The first-order valence-corrected chi connectivity index (χ1v) is 10.8. The van der Waals surface area contributed by atoms with Gasteiger partial charge in [0.15, 0.2) is 0 Å². The summed E-state index contributed by atoms with van der Waals surface area (Å²) in [6, 6.07) is 15.5. The summed E-state index contributed by atoms with van der Waals surface area (Å²) < 4.78 is 17.6. The monoisotopic (exact) mass is 442 g/mol. The van der Waals surface area contributed by atoms with E-state index in [0.717, 1.165) is 15.3 Å². The van der Waals surface area contributed by atoms with Crippen LogP contribution in [0.3, 0.4) is 0 Å². The maximum atomic E-state index is 11.8. The van der Waals surface area contributed by atoms with E-state index >= 15 is 0 Å². The van der Waals surface area contributed by atoms with E-state index in [1.807, 2.05) is 48.5 Å². The van der Waals surface area contributed by atoms with Gasteiger partial charge in [0.2, 0.25) is 0 Å². The van der Waals surface area contributed by atoms with Gasteiger partial charge in [-0.05, 0) is 0 Å². The van der Waals surface area contributed by atoms with Crippen molar-refractivity contribution < 1.29 is 19.0 Å². The molecule has 0 aromatic heterocycles. The van der Waals surface area contributed by atoms with Gasteiger partial charge in [-0.3, -0.25) is 0 Å². The molecule has 0 heterocycles. The average molecular weight is 442 g/mol. The fraction of sp³-hybridized carbons (Fsp3) is 0.350. The van der Waals surface area contributed by atoms with E-state index in [4.69, 9.17) is 25.8 Å². The first kappa shape index (κ1) is 20.8. The van der Waals surface area contributed by atoms with Gasteiger partial charge in [-0.2, -0.15) is 0 Å². The van der Waals surface area contributed by atoms with Crippen molar-refractivity contribution in [1.82, 2.24) is 0 Å². The normalized spacial score (nSPS) is 13.1. The Morgan fingerprint density at radius 2 is 1.85 bits per heavy atom. The Morgan fingerprint density at radius 3 is 2.54 bits per heavy atom. The van der Waals surface area contributed by atoms with E-state index in [1.54, 1.807) is 21.0 Å². The van der Waals surface area contributed by atoms with Crippen molar-refractivity contribution in [3.63, 3.8) is 0 Å². The number of carbonyl (C=O) groups excluding carboxylic acids is 1. The molecular weight excluding hydrogens is 419 g/mol. The molecule has 0 bridgehead atoms. The van der Waals surface area contributed by atoms with E-state index in [2.05, 4.69) is 0 Å². The Labute approximate surface area is 165 Å². The molecule has 4 nitrogen and oxygen atoms in total. The molecule has 0 saturated heterocycles. The number of hydrogen-bond donors (Lipinski definition) is 0. The summed E-state index contributed by atoms with van der Waals surface area (Å²) in [7, 11) is 1.69. The molecule has 0 spiro atoms. The fourth-order valence-corrected chi connectivity index (χ4v) is 4.87. The third kappa shape index (κ3) is 5.75. The van der Waals surface area contributed by atoms with E-state index in [9.17, 15) is 4.79 Å². The standard InChI is InChI=1S/C20H23ClO4Se/c1-4-24-20(22)14(2)25-17-11-7-8-12-19(17)26-13-18(23-3)15-9-5-6-10-16(15)21/h5-12,14,18H,4,13H2,1-3H3/t14-,18+/m1/s1. The van der Waals surface area contributed by atoms with Gasteiger partial charge in [0.1, 0.15) is 0 Å². The van der Waals surface area contributed by atoms with Crippen LogP contribution >= 0.6 is 11.6 Å². The first-order valence-electron chi connectivity index (χ1n) is 8.39. The number of para-hydroxylation sites is 1. The zero-order chi connectivity index (χ0) is 18.9. The van der Waals surface area contributed by atoms with Crippen molar-refractivity contribution in [2.75, 3.05) is 13.7 Å². The van der Waals surface area contributed by atoms with E-state index in [-0.39, 0.29) is 27.0 Å². The van der Waals surface area contributed by atoms with Crippen molar-refractivity contribution >= 4 is 37.0 Å². The van der Waals surface area contributed by atoms with Crippen LogP contribution in [0, 0.1) is 0 Å². The van der Waals surface area contributed by atoms with Gasteiger partial charge in [-0.1, -0.05) is 0 Å². The zero-order valence-corrected chi connectivity index (χ0v) is 17.6. The Bertz CT molecular complexity index is 722. The second-order valence-electron chi connectivity index (χ2n) is 5.52. The van der Waals surface area contributed by atoms with Gasteiger partial charge in [-0.25, -0.2) is 0 Å². The molecule has 0 N–H and O–H groups in total. The van der Waals surface area contributed by atoms with Crippen LogP contribution in [0.5, 0.6) is 5.75 Å². The number of halogens is 1. The molecule has 2 rings (SSSR count). The predicted octanol–water partition coefficient (Wildman–Crippen LogP) is 3.81. The number of benzene rings is 2. The molecule has 0 saturated carbocycles. The van der Waals surface area contributed by atoms with Crippen LogP contribution in [0.2, 0.25) is 10.3 Å². The molecule has 0 aliphatic rings. The van der Waals surface area contributed by atoms with Crippen LogP contribution in [0.15, 0.2) is 48.5 Å². The Morgan fingerprint density at radius 1 is 1.15 bits per heavy atom. The van der Waals surface area contributed by atoms with Gasteiger partial charge >= 0.3 is 166 Å². The summed E-state index contributed by atoms with van der Waals surface area (Å²) in [5.41, 5.74) is 0.983. The molecule has 0 aliphatic carbocycles. The number of esters is 1. The van der Waals surface area contributed by atoms with E-state index < -0.39 is 6.10 Å². The molecule has 0 fully saturated rings. The Balaban J connectivity index is 2.07. The molecule has 0 amide bonds. The van der Waals surface area contributed by atoms with E-state index in [1.165, 1.54) is 0 Å². The topological polar surface area (TPSA) is 44.8 Å². The molecule has 2 atom stereocenters. The van der Waals surface area contributed by atoms with Crippen molar-refractivity contribution in [2.45, 2.75) is 31.4 Å². The van der Waals surface area contributed by atoms with Gasteiger partial charge in [0, 0.05) is 0 Å². The zero-order valence-electron chi connectivity index (χ0n) is 15.1. The van der Waals surface area contributed by atoms with Crippen LogP contribution in [0.25, 0.3) is 0 Å². The molecule has 140 valence electrons. The maximum absolute atomic E-state index is 11.8. The van der Waals surface area contributed by atoms with Crippen molar-refractivity contribution in [3.05, 3.63) is 59.1 Å². The third-order valence-electron chi connectivity index (χ3n) is 3.70. The molecule has 26 heavy (non-hydrogen) atoms. The number of ether oxygens (including phenoxy) is 3. The molecule has 2 aromatic rings. The second kappa shape index (κ2) is 10.6. The SMILES string of the molecule is CCOC(=O)[C@@H](C)Oc1ccccc1[Se]C[C@H](OC)c1ccccc1Cl. The van der Waals surface area contributed by atoms with E-state index in [0.29, 0.717) is 17.4 Å². The molecule has 2 aromatic carbocycles. The van der Waals surface area contributed by atoms with Crippen LogP contribution in [0.4, 0.5) is 0 Å². The van der Waals surface area contributed by atoms with Crippen LogP contribution in [-0.4, -0.2) is 40.7 Å². The van der Waals surface area contributed by atoms with Crippen molar-refractivity contribution in [3.8, 4) is 5.75 Å². The first-order chi connectivity index (χ1) is 12.6. The predicted molar refractivity (Wildman–Crippen MR) is 105 cm³/mol. The van der Waals surface area contributed by atoms with Gasteiger partial charge in [0.05, 0.1) is 0 Å². The van der Waals surface area contributed by atoms with Crippen LogP contribution < -0.4 is 9.20 Å². The Kier molecular flexibility index (Phi) is 8.46. The summed E-state index contributed by atoms with van der Waals surface area (Å²) in [5, 5.41) is 1.51. The molecule has 0 unspecified atom stereocenters. The average Bonchev–Trinajstić information content (AvgIpc) is 2.65. The fourth-order valence-electron chi connectivity index (χ4n) is 2.35. The van der Waals surface area contributed by atoms with Crippen LogP contribution in [-0.2, 0) is 14.3 Å². The number of hydrogen-bond acceptors (Lipinski definition) is 4. The Hall–Kier alpha value is -1.52. The summed E-state index contributed by atoms with van der Waals surface area (Å²) in [5.74, 6) is 0.350. The number of carbonyl (C=O) groups is 1. The summed E-state index contributed by atoms with van der Waals surface area (Å²) >= 11 is 6.38. The van der Waals surface area contributed by atoms with Gasteiger partial charge < -0.3 is 0 Å². The summed E-state index contributed by atoms with van der Waals surface area (Å²) in [6.45, 7) is 3.82. The van der Waals surface area contributed by atoms with Crippen molar-refractivity contribution in [1.29, 1.82) is 0 Å². The van der Waals surface area contributed by atoms with Crippen molar-refractivity contribution in [2.24, 2.45) is 0 Å². The quantitative estimate of drug-likeness (QED) is 0.438. The number of methoxy groups -OCH3 is 1. The molecule has 0 aliphatic heterocycles. The minimum absolute atomic E-state index is 0.0840. The van der Waals surface area contributed by atoms with Crippen LogP contribution in [0.1, 0.15) is 25.5 Å². The number of rotatable bonds is 9. The summed E-state index contributed by atoms with van der Waals surface area (Å²) in [4.78, 5) is 11.8.